The molecule has 0 atom stereocenters. The number of nitrogens with zero attached hydrogens (tertiary/aromatic N) is 2. The average molecular weight is 329 g/mol. The molecule has 3 nitrogen and oxygen atoms in total. The molecule has 1 amide bonds. The van der Waals surface area contributed by atoms with Gasteiger partial charge in [-0.25, -0.2) is 9.37 Å². The van der Waals surface area contributed by atoms with Crippen LogP contribution in [0.2, 0.25) is 0 Å². The van der Waals surface area contributed by atoms with Gasteiger partial charge in [0.05, 0.1) is 22.2 Å². The van der Waals surface area contributed by atoms with Crippen LogP contribution in [0.1, 0.15) is 16.1 Å². The lowest BCUT2D eigenvalue weighted by atomic mass is 10.2. The molecule has 0 aliphatic carbocycles. The van der Waals surface area contributed by atoms with Crippen LogP contribution in [0.5, 0.6) is 0 Å². The van der Waals surface area contributed by atoms with Gasteiger partial charge in [-0.15, -0.1) is 11.3 Å². The van der Waals surface area contributed by atoms with Crippen LogP contribution in [0.3, 0.4) is 0 Å². The Morgan fingerprint density at radius 3 is 2.94 bits per heavy atom. The predicted octanol–water partition coefficient (Wildman–Crippen LogP) is 3.32. The molecule has 0 radical (unpaired) electrons. The Bertz CT molecular complexity index is 559. The van der Waals surface area contributed by atoms with Crippen molar-refractivity contribution in [1.82, 2.24) is 9.88 Å². The van der Waals surface area contributed by atoms with E-state index in [1.165, 1.54) is 29.5 Å². The van der Waals surface area contributed by atoms with Crippen LogP contribution < -0.4 is 0 Å². The maximum atomic E-state index is 13.1. The van der Waals surface area contributed by atoms with Gasteiger partial charge in [0, 0.05) is 18.0 Å². The van der Waals surface area contributed by atoms with E-state index in [0.29, 0.717) is 12.1 Å². The summed E-state index contributed by atoms with van der Waals surface area (Å²) in [4.78, 5) is 17.8. The second-order valence-corrected chi connectivity index (χ2v) is 5.34. The number of hydrogen-bond acceptors (Lipinski definition) is 3. The van der Waals surface area contributed by atoms with E-state index >= 15 is 0 Å². The second kappa shape index (κ2) is 5.58. The van der Waals surface area contributed by atoms with Crippen molar-refractivity contribution in [2.45, 2.75) is 6.54 Å². The Morgan fingerprint density at radius 1 is 1.56 bits per heavy atom. The number of carbonyl (C=O) groups is 1. The van der Waals surface area contributed by atoms with Crippen molar-refractivity contribution in [3.8, 4) is 0 Å². The van der Waals surface area contributed by atoms with E-state index in [-0.39, 0.29) is 16.2 Å². The van der Waals surface area contributed by atoms with Gasteiger partial charge in [0.25, 0.3) is 5.91 Å². The third-order valence-corrected chi connectivity index (χ3v) is 3.64. The van der Waals surface area contributed by atoms with Gasteiger partial charge in [-0.1, -0.05) is 0 Å². The third kappa shape index (κ3) is 2.94. The topological polar surface area (TPSA) is 33.2 Å². The number of rotatable bonds is 3. The van der Waals surface area contributed by atoms with Gasteiger partial charge in [-0.3, -0.25) is 4.79 Å². The first-order valence-electron chi connectivity index (χ1n) is 5.15. The maximum absolute atomic E-state index is 13.1. The molecule has 2 rings (SSSR count). The largest absolute Gasteiger partial charge is 0.336 e. The molecular formula is C12H10BrFN2OS. The number of carbonyl (C=O) groups excluding carboxylic acids is 1. The predicted molar refractivity (Wildman–Crippen MR) is 72.0 cm³/mol. The first-order valence-corrected chi connectivity index (χ1v) is 6.89. The summed E-state index contributed by atoms with van der Waals surface area (Å²) in [5.41, 5.74) is 3.01. The van der Waals surface area contributed by atoms with Crippen molar-refractivity contribution in [2.75, 3.05) is 7.05 Å². The number of benzene rings is 1. The molecule has 6 heteroatoms. The molecule has 0 saturated heterocycles. The van der Waals surface area contributed by atoms with Crippen LogP contribution >= 0.6 is 27.3 Å². The minimum Gasteiger partial charge on any atom is -0.336 e. The first-order chi connectivity index (χ1) is 8.58. The van der Waals surface area contributed by atoms with Crippen molar-refractivity contribution in [2.24, 2.45) is 0 Å². The molecule has 0 bridgehead atoms. The Hall–Kier alpha value is -1.27. The molecule has 94 valence electrons. The number of halogens is 2. The molecular weight excluding hydrogens is 319 g/mol. The van der Waals surface area contributed by atoms with E-state index in [1.807, 2.05) is 5.38 Å². The second-order valence-electron chi connectivity index (χ2n) is 3.77. The van der Waals surface area contributed by atoms with Crippen molar-refractivity contribution in [3.63, 3.8) is 0 Å². The monoisotopic (exact) mass is 328 g/mol. The van der Waals surface area contributed by atoms with Gasteiger partial charge in [0.15, 0.2) is 0 Å². The van der Waals surface area contributed by atoms with Gasteiger partial charge in [0.1, 0.15) is 5.82 Å². The summed E-state index contributed by atoms with van der Waals surface area (Å²) < 4.78 is 13.4. The zero-order valence-corrected chi connectivity index (χ0v) is 12.0. The number of thiazole rings is 1. The van der Waals surface area contributed by atoms with E-state index in [1.54, 1.807) is 17.5 Å². The number of aromatic nitrogens is 1. The minimum absolute atomic E-state index is 0.163. The van der Waals surface area contributed by atoms with Crippen LogP contribution in [0.4, 0.5) is 4.39 Å². The van der Waals surface area contributed by atoms with Crippen molar-refractivity contribution < 1.29 is 9.18 Å². The Kier molecular flexibility index (Phi) is 4.08. The molecule has 0 unspecified atom stereocenters. The Morgan fingerprint density at radius 2 is 2.33 bits per heavy atom. The molecule has 0 aliphatic heterocycles. The molecule has 1 aromatic carbocycles. The van der Waals surface area contributed by atoms with Gasteiger partial charge < -0.3 is 4.90 Å². The van der Waals surface area contributed by atoms with Crippen molar-refractivity contribution in [1.29, 1.82) is 0 Å². The van der Waals surface area contributed by atoms with E-state index in [9.17, 15) is 9.18 Å². The van der Waals surface area contributed by atoms with Gasteiger partial charge in [-0.05, 0) is 34.1 Å². The lowest BCUT2D eigenvalue weighted by molar-refractivity contribution is 0.0783. The smallest absolute Gasteiger partial charge is 0.253 e. The van der Waals surface area contributed by atoms with Gasteiger partial charge in [-0.2, -0.15) is 0 Å². The van der Waals surface area contributed by atoms with Gasteiger partial charge >= 0.3 is 0 Å². The maximum Gasteiger partial charge on any atom is 0.253 e. The normalized spacial score (nSPS) is 10.4. The Balaban J connectivity index is 2.12. The molecule has 1 heterocycles. The highest BCUT2D eigenvalue weighted by Crippen LogP contribution is 2.18. The molecule has 0 aliphatic rings. The van der Waals surface area contributed by atoms with Gasteiger partial charge in [0.2, 0.25) is 0 Å². The quantitative estimate of drug-likeness (QED) is 0.865. The van der Waals surface area contributed by atoms with E-state index in [4.69, 9.17) is 0 Å². The highest BCUT2D eigenvalue weighted by molar-refractivity contribution is 9.10. The SMILES string of the molecule is CN(Cc1cscn1)C(=O)c1ccc(F)c(Br)c1. The number of hydrogen-bond donors (Lipinski definition) is 0. The molecule has 0 N–H and O–H groups in total. The fourth-order valence-corrected chi connectivity index (χ4v) is 2.41. The molecule has 0 fully saturated rings. The molecule has 1 aromatic heterocycles. The highest BCUT2D eigenvalue weighted by Gasteiger charge is 2.14. The highest BCUT2D eigenvalue weighted by atomic mass is 79.9. The Labute approximate surface area is 116 Å². The molecule has 2 aromatic rings. The van der Waals surface area contributed by atoms with Crippen LogP contribution in [-0.2, 0) is 6.54 Å². The fraction of sp³-hybridized carbons (Fsp3) is 0.167. The summed E-state index contributed by atoms with van der Waals surface area (Å²) in [6.45, 7) is 0.442. The lowest BCUT2D eigenvalue weighted by Crippen LogP contribution is -2.26. The van der Waals surface area contributed by atoms with Crippen LogP contribution in [0, 0.1) is 5.82 Å². The van der Waals surface area contributed by atoms with Crippen molar-refractivity contribution in [3.05, 3.63) is 50.6 Å². The lowest BCUT2D eigenvalue weighted by Gasteiger charge is -2.16. The summed E-state index contributed by atoms with van der Waals surface area (Å²) in [7, 11) is 1.69. The van der Waals surface area contributed by atoms with Crippen LogP contribution in [0.25, 0.3) is 0 Å². The molecule has 0 spiro atoms. The zero-order valence-electron chi connectivity index (χ0n) is 9.56. The number of amides is 1. The van der Waals surface area contributed by atoms with E-state index in [0.717, 1.165) is 5.69 Å². The summed E-state index contributed by atoms with van der Waals surface area (Å²) >= 11 is 4.56. The summed E-state index contributed by atoms with van der Waals surface area (Å²) in [6, 6.07) is 4.23. The summed E-state index contributed by atoms with van der Waals surface area (Å²) in [5, 5.41) is 1.89. The standard InChI is InChI=1S/C12H10BrFN2OS/c1-16(5-9-6-18-7-15-9)12(17)8-2-3-11(14)10(13)4-8/h2-4,6-7H,5H2,1H3. The van der Waals surface area contributed by atoms with E-state index in [2.05, 4.69) is 20.9 Å². The first kappa shape index (κ1) is 13.2. The van der Waals surface area contributed by atoms with Crippen LogP contribution in [0.15, 0.2) is 33.6 Å². The summed E-state index contributed by atoms with van der Waals surface area (Å²) in [5.74, 6) is -0.544. The summed E-state index contributed by atoms with van der Waals surface area (Å²) in [6.07, 6.45) is 0. The molecule has 0 saturated carbocycles. The third-order valence-electron chi connectivity index (χ3n) is 2.40. The van der Waals surface area contributed by atoms with Crippen LogP contribution in [-0.4, -0.2) is 22.8 Å². The fourth-order valence-electron chi connectivity index (χ4n) is 1.48. The molecule has 18 heavy (non-hydrogen) atoms. The van der Waals surface area contributed by atoms with E-state index < -0.39 is 0 Å². The minimum atomic E-state index is -0.381. The zero-order chi connectivity index (χ0) is 13.1. The average Bonchev–Trinajstić information content (AvgIpc) is 2.84. The van der Waals surface area contributed by atoms with Crippen molar-refractivity contribution >= 4 is 33.2 Å².